The molecule has 0 aromatic heterocycles. The molecule has 0 amide bonds. The third-order valence-corrected chi connectivity index (χ3v) is 5.89. The summed E-state index contributed by atoms with van der Waals surface area (Å²) in [6.07, 6.45) is 1.23. The number of likely N-dealkylation sites (N-methyl/N-ethyl adjacent to an activating group) is 1. The molecule has 25 heavy (non-hydrogen) atoms. The zero-order chi connectivity index (χ0) is 17.8. The Morgan fingerprint density at radius 1 is 1.08 bits per heavy atom. The highest BCUT2D eigenvalue weighted by atomic mass is 19.1. The summed E-state index contributed by atoms with van der Waals surface area (Å²) >= 11 is 0. The summed E-state index contributed by atoms with van der Waals surface area (Å²) in [6.45, 7) is 10.7. The molecule has 2 aliphatic heterocycles. The van der Waals surface area contributed by atoms with E-state index < -0.39 is 0 Å². The normalized spacial score (nSPS) is 26.9. The van der Waals surface area contributed by atoms with Crippen LogP contribution in [0.4, 0.5) is 4.39 Å². The molecule has 1 aromatic rings. The third-order valence-electron chi connectivity index (χ3n) is 5.89. The maximum atomic E-state index is 13.3. The van der Waals surface area contributed by atoms with E-state index in [1.165, 1.54) is 18.5 Å². The molecule has 4 nitrogen and oxygen atoms in total. The predicted octanol–water partition coefficient (Wildman–Crippen LogP) is 1.81. The summed E-state index contributed by atoms with van der Waals surface area (Å²) in [5, 5.41) is 9.84. The number of benzene rings is 1. The van der Waals surface area contributed by atoms with E-state index in [1.807, 2.05) is 13.0 Å². The molecule has 0 aliphatic carbocycles. The summed E-state index contributed by atoms with van der Waals surface area (Å²) in [5.41, 5.74) is 2.20. The molecule has 2 saturated heterocycles. The number of aryl methyl sites for hydroxylation is 1. The van der Waals surface area contributed by atoms with Crippen LogP contribution in [0.1, 0.15) is 17.5 Å². The Morgan fingerprint density at radius 3 is 2.64 bits per heavy atom. The van der Waals surface area contributed by atoms with Crippen LogP contribution >= 0.6 is 0 Å². The Morgan fingerprint density at radius 2 is 1.88 bits per heavy atom. The van der Waals surface area contributed by atoms with Crippen LogP contribution in [0.25, 0.3) is 0 Å². The van der Waals surface area contributed by atoms with Crippen molar-refractivity contribution in [1.82, 2.24) is 14.7 Å². The van der Waals surface area contributed by atoms with E-state index >= 15 is 0 Å². The maximum absolute atomic E-state index is 13.3. The van der Waals surface area contributed by atoms with E-state index in [2.05, 4.69) is 21.7 Å². The van der Waals surface area contributed by atoms with Gasteiger partial charge in [-0.05, 0) is 68.6 Å². The molecule has 0 spiro atoms. The molecule has 0 saturated carbocycles. The van der Waals surface area contributed by atoms with Gasteiger partial charge < -0.3 is 14.9 Å². The first-order chi connectivity index (χ1) is 12.0. The van der Waals surface area contributed by atoms with Gasteiger partial charge in [0.05, 0.1) is 0 Å². The van der Waals surface area contributed by atoms with Gasteiger partial charge >= 0.3 is 0 Å². The van der Waals surface area contributed by atoms with Gasteiger partial charge in [0.1, 0.15) is 5.82 Å². The molecule has 2 heterocycles. The lowest BCUT2D eigenvalue weighted by atomic mass is 9.96. The molecule has 2 aliphatic rings. The first-order valence-electron chi connectivity index (χ1n) is 9.54. The summed E-state index contributed by atoms with van der Waals surface area (Å²) < 4.78 is 13.3. The Balaban J connectivity index is 1.58. The van der Waals surface area contributed by atoms with E-state index in [1.54, 1.807) is 12.1 Å². The van der Waals surface area contributed by atoms with E-state index in [0.29, 0.717) is 11.8 Å². The van der Waals surface area contributed by atoms with Gasteiger partial charge in [0.25, 0.3) is 0 Å². The van der Waals surface area contributed by atoms with Crippen molar-refractivity contribution in [3.05, 3.63) is 35.1 Å². The van der Waals surface area contributed by atoms with Gasteiger partial charge in [0.15, 0.2) is 0 Å². The minimum absolute atomic E-state index is 0.167. The van der Waals surface area contributed by atoms with Crippen LogP contribution in [0.5, 0.6) is 0 Å². The van der Waals surface area contributed by atoms with E-state index in [4.69, 9.17) is 0 Å². The summed E-state index contributed by atoms with van der Waals surface area (Å²) in [6, 6.07) is 5.06. The SMILES string of the molecule is Cc1cc(F)ccc1CN1C[C@@H](CN2CCCN(C)CC2)[C@@H](CO)C1. The van der Waals surface area contributed by atoms with Crippen molar-refractivity contribution in [2.45, 2.75) is 19.9 Å². The lowest BCUT2D eigenvalue weighted by Crippen LogP contribution is -2.36. The van der Waals surface area contributed by atoms with Crippen LogP contribution in [0, 0.1) is 24.6 Å². The highest BCUT2D eigenvalue weighted by Crippen LogP contribution is 2.26. The quantitative estimate of drug-likeness (QED) is 0.878. The zero-order valence-corrected chi connectivity index (χ0v) is 15.6. The summed E-state index contributed by atoms with van der Waals surface area (Å²) in [5.74, 6) is 0.704. The van der Waals surface area contributed by atoms with Crippen LogP contribution in [-0.2, 0) is 6.54 Å². The highest BCUT2D eigenvalue weighted by Gasteiger charge is 2.33. The number of rotatable bonds is 5. The molecule has 140 valence electrons. The predicted molar refractivity (Wildman–Crippen MR) is 99.0 cm³/mol. The molecular weight excluding hydrogens is 317 g/mol. The standard InChI is InChI=1S/C20H32FN3O/c1-16-10-20(21)5-4-17(16)11-24-13-18(19(14-24)15-25)12-23-7-3-6-22(2)8-9-23/h4-5,10,18-19,25H,3,6-9,11-15H2,1-2H3/t18-,19-/m1/s1. The smallest absolute Gasteiger partial charge is 0.123 e. The van der Waals surface area contributed by atoms with Crippen molar-refractivity contribution in [3.8, 4) is 0 Å². The van der Waals surface area contributed by atoms with Crippen molar-refractivity contribution >= 4 is 0 Å². The number of likely N-dealkylation sites (tertiary alicyclic amines) is 1. The second kappa shape index (κ2) is 8.58. The third kappa shape index (κ3) is 5.00. The van der Waals surface area contributed by atoms with Crippen molar-refractivity contribution < 1.29 is 9.50 Å². The Labute approximate surface area is 151 Å². The lowest BCUT2D eigenvalue weighted by Gasteiger charge is -2.26. The van der Waals surface area contributed by atoms with Crippen molar-refractivity contribution in [2.75, 3.05) is 59.5 Å². The summed E-state index contributed by atoms with van der Waals surface area (Å²) in [4.78, 5) is 7.40. The van der Waals surface area contributed by atoms with Gasteiger partial charge in [-0.2, -0.15) is 0 Å². The Kier molecular flexibility index (Phi) is 6.44. The van der Waals surface area contributed by atoms with Crippen molar-refractivity contribution in [2.24, 2.45) is 11.8 Å². The van der Waals surface area contributed by atoms with Crippen LogP contribution in [0.2, 0.25) is 0 Å². The van der Waals surface area contributed by atoms with Crippen molar-refractivity contribution in [1.29, 1.82) is 0 Å². The molecule has 0 unspecified atom stereocenters. The van der Waals surface area contributed by atoms with Gasteiger partial charge in [0.2, 0.25) is 0 Å². The molecule has 2 atom stereocenters. The minimum Gasteiger partial charge on any atom is -0.396 e. The highest BCUT2D eigenvalue weighted by molar-refractivity contribution is 5.26. The number of hydrogen-bond donors (Lipinski definition) is 1. The van der Waals surface area contributed by atoms with Gasteiger partial charge in [-0.25, -0.2) is 4.39 Å². The molecule has 0 radical (unpaired) electrons. The molecule has 0 bridgehead atoms. The van der Waals surface area contributed by atoms with Gasteiger partial charge in [-0.1, -0.05) is 6.07 Å². The van der Waals surface area contributed by atoms with Gasteiger partial charge in [-0.15, -0.1) is 0 Å². The van der Waals surface area contributed by atoms with E-state index in [9.17, 15) is 9.50 Å². The van der Waals surface area contributed by atoms with E-state index in [0.717, 1.165) is 51.4 Å². The lowest BCUT2D eigenvalue weighted by molar-refractivity contribution is 0.165. The molecule has 3 rings (SSSR count). The van der Waals surface area contributed by atoms with E-state index in [-0.39, 0.29) is 12.4 Å². The largest absolute Gasteiger partial charge is 0.396 e. The molecular formula is C20H32FN3O. The molecule has 5 heteroatoms. The molecule has 1 aromatic carbocycles. The first kappa shape index (κ1) is 18.8. The number of aliphatic hydroxyl groups is 1. The second-order valence-electron chi connectivity index (χ2n) is 7.93. The maximum Gasteiger partial charge on any atom is 0.123 e. The van der Waals surface area contributed by atoms with Crippen LogP contribution in [-0.4, -0.2) is 79.3 Å². The zero-order valence-electron chi connectivity index (χ0n) is 15.6. The van der Waals surface area contributed by atoms with Crippen LogP contribution < -0.4 is 0 Å². The Bertz CT molecular complexity index is 568. The average Bonchev–Trinajstić information content (AvgIpc) is 2.84. The van der Waals surface area contributed by atoms with Crippen LogP contribution in [0.15, 0.2) is 18.2 Å². The average molecular weight is 349 g/mol. The summed E-state index contributed by atoms with van der Waals surface area (Å²) in [7, 11) is 2.20. The van der Waals surface area contributed by atoms with Crippen LogP contribution in [0.3, 0.4) is 0 Å². The monoisotopic (exact) mass is 349 g/mol. The fourth-order valence-corrected chi connectivity index (χ4v) is 4.27. The number of aliphatic hydroxyl groups excluding tert-OH is 1. The van der Waals surface area contributed by atoms with Gasteiger partial charge in [-0.3, -0.25) is 4.90 Å². The number of hydrogen-bond acceptors (Lipinski definition) is 4. The van der Waals surface area contributed by atoms with Crippen molar-refractivity contribution in [3.63, 3.8) is 0 Å². The Hall–Kier alpha value is -1.01. The first-order valence-corrected chi connectivity index (χ1v) is 9.54. The topological polar surface area (TPSA) is 30.0 Å². The number of halogens is 1. The minimum atomic E-state index is -0.167. The fourth-order valence-electron chi connectivity index (χ4n) is 4.27. The van der Waals surface area contributed by atoms with Gasteiger partial charge in [0, 0.05) is 45.9 Å². The molecule has 1 N–H and O–H groups in total. The molecule has 2 fully saturated rings. The number of nitrogens with zero attached hydrogens (tertiary/aromatic N) is 3. The second-order valence-corrected chi connectivity index (χ2v) is 7.93. The fraction of sp³-hybridized carbons (Fsp3) is 0.700.